The van der Waals surface area contributed by atoms with Crippen LogP contribution in [0.3, 0.4) is 0 Å². The van der Waals surface area contributed by atoms with E-state index in [1.807, 2.05) is 30.7 Å². The predicted octanol–water partition coefficient (Wildman–Crippen LogP) is 11.6. The van der Waals surface area contributed by atoms with Crippen LogP contribution in [0.4, 0.5) is 0 Å². The van der Waals surface area contributed by atoms with Crippen molar-refractivity contribution in [3.63, 3.8) is 0 Å². The molecule has 0 aliphatic carbocycles. The van der Waals surface area contributed by atoms with Crippen LogP contribution in [0, 0.1) is 0 Å². The van der Waals surface area contributed by atoms with Crippen LogP contribution in [0.5, 0.6) is 5.75 Å². The summed E-state index contributed by atoms with van der Waals surface area (Å²) in [6.07, 6.45) is 5.67. The molecule has 0 radical (unpaired) electrons. The Labute approximate surface area is 295 Å². The minimum Gasteiger partial charge on any atom is -0.507 e. The fraction of sp³-hybridized carbons (Fsp3) is 0.267. The third-order valence-electron chi connectivity index (χ3n) is 9.71. The van der Waals surface area contributed by atoms with E-state index in [2.05, 4.69) is 140 Å². The van der Waals surface area contributed by atoms with E-state index in [9.17, 15) is 5.11 Å². The summed E-state index contributed by atoms with van der Waals surface area (Å²) in [5.41, 5.74) is 11.9. The lowest BCUT2D eigenvalue weighted by molar-refractivity contribution is 0.476. The molecule has 3 aromatic heterocycles. The van der Waals surface area contributed by atoms with Gasteiger partial charge in [0, 0.05) is 57.5 Å². The van der Waals surface area contributed by atoms with Gasteiger partial charge in [0.15, 0.2) is 0 Å². The van der Waals surface area contributed by atoms with Crippen LogP contribution >= 0.6 is 0 Å². The molecule has 7 rings (SSSR count). The lowest BCUT2D eigenvalue weighted by Crippen LogP contribution is -2.11. The topological polar surface area (TPSA) is 63.8 Å². The third kappa shape index (κ3) is 6.06. The van der Waals surface area contributed by atoms with Crippen molar-refractivity contribution in [1.29, 1.82) is 0 Å². The van der Waals surface area contributed by atoms with Gasteiger partial charge in [-0.1, -0.05) is 98.7 Å². The number of phenols is 1. The molecule has 0 spiro atoms. The van der Waals surface area contributed by atoms with E-state index in [1.54, 1.807) is 6.07 Å². The molecule has 50 heavy (non-hydrogen) atoms. The average molecular weight is 659 g/mol. The molecule has 1 N–H and O–H groups in total. The Balaban J connectivity index is 1.49. The fourth-order valence-electron chi connectivity index (χ4n) is 6.66. The van der Waals surface area contributed by atoms with Crippen molar-refractivity contribution in [3.05, 3.63) is 126 Å². The van der Waals surface area contributed by atoms with Crippen molar-refractivity contribution in [2.45, 2.75) is 78.6 Å². The second kappa shape index (κ2) is 11.9. The quantitative estimate of drug-likeness (QED) is 0.204. The van der Waals surface area contributed by atoms with Gasteiger partial charge in [0.2, 0.25) is 0 Å². The van der Waals surface area contributed by atoms with Crippen LogP contribution in [0.1, 0.15) is 79.0 Å². The largest absolute Gasteiger partial charge is 0.507 e. The van der Waals surface area contributed by atoms with Gasteiger partial charge in [-0.3, -0.25) is 14.5 Å². The molecule has 0 bridgehead atoms. The summed E-state index contributed by atoms with van der Waals surface area (Å²) in [7, 11) is 0. The van der Waals surface area contributed by atoms with E-state index in [-0.39, 0.29) is 22.0 Å². The van der Waals surface area contributed by atoms with Gasteiger partial charge < -0.3 is 5.11 Å². The zero-order valence-corrected chi connectivity index (χ0v) is 30.6. The molecule has 4 aromatic carbocycles. The Bertz CT molecular complexity index is 2380. The van der Waals surface area contributed by atoms with E-state index >= 15 is 0 Å². The van der Waals surface area contributed by atoms with Crippen molar-refractivity contribution in [1.82, 2.24) is 19.5 Å². The number of imidazole rings is 1. The van der Waals surface area contributed by atoms with Gasteiger partial charge >= 0.3 is 0 Å². The van der Waals surface area contributed by atoms with Gasteiger partial charge in [-0.2, -0.15) is 0 Å². The monoisotopic (exact) mass is 658 g/mol. The summed E-state index contributed by atoms with van der Waals surface area (Å²) in [5, 5.41) is 12.3. The Morgan fingerprint density at radius 3 is 1.92 bits per heavy atom. The molecule has 0 fully saturated rings. The van der Waals surface area contributed by atoms with Gasteiger partial charge in [-0.15, -0.1) is 0 Å². The smallest absolute Gasteiger partial charge is 0.147 e. The molecular weight excluding hydrogens is 613 g/mol. The van der Waals surface area contributed by atoms with Crippen LogP contribution in [0.2, 0.25) is 0 Å². The number of benzene rings is 4. The van der Waals surface area contributed by atoms with Crippen molar-refractivity contribution in [2.24, 2.45) is 0 Å². The number of rotatable bonds is 4. The standard InChI is InChI=1S/C45H46N4O/c1-43(2,3)31-15-18-34(19-16-31)49-38-14-10-13-35(37-24-32(44(4,5)6)17-20-39(37)50)41(38)48-42(49)30-22-29(26-46-27-30)36-25-33(45(7,8)9)23-28-12-11-21-47-40(28)36/h10-27,50H,1-9H3. The first-order valence-corrected chi connectivity index (χ1v) is 17.4. The molecule has 0 aliphatic heterocycles. The predicted molar refractivity (Wildman–Crippen MR) is 208 cm³/mol. The normalized spacial score (nSPS) is 12.6. The molecule has 5 heteroatoms. The fourth-order valence-corrected chi connectivity index (χ4v) is 6.66. The number of phenolic OH excluding ortho intramolecular Hbond substituents is 1. The van der Waals surface area contributed by atoms with Gasteiger partial charge in [0.25, 0.3) is 0 Å². The average Bonchev–Trinajstić information content (AvgIpc) is 3.47. The maximum atomic E-state index is 11.2. The number of hydrogen-bond acceptors (Lipinski definition) is 4. The van der Waals surface area contributed by atoms with Crippen molar-refractivity contribution < 1.29 is 5.11 Å². The van der Waals surface area contributed by atoms with Crippen LogP contribution in [-0.4, -0.2) is 24.6 Å². The second-order valence-corrected chi connectivity index (χ2v) is 16.5. The summed E-state index contributed by atoms with van der Waals surface area (Å²) in [4.78, 5) is 15.0. The summed E-state index contributed by atoms with van der Waals surface area (Å²) < 4.78 is 2.22. The highest BCUT2D eigenvalue weighted by Gasteiger charge is 2.23. The first-order valence-electron chi connectivity index (χ1n) is 17.4. The van der Waals surface area contributed by atoms with Gasteiger partial charge in [-0.25, -0.2) is 4.98 Å². The lowest BCUT2D eigenvalue weighted by atomic mass is 9.84. The Kier molecular flexibility index (Phi) is 7.93. The first kappa shape index (κ1) is 33.2. The number of aromatic hydroxyl groups is 1. The summed E-state index contributed by atoms with van der Waals surface area (Å²) in [5.74, 6) is 1.01. The summed E-state index contributed by atoms with van der Waals surface area (Å²) >= 11 is 0. The number of nitrogens with zero attached hydrogens (tertiary/aromatic N) is 4. The molecule has 0 aliphatic rings. The third-order valence-corrected chi connectivity index (χ3v) is 9.71. The van der Waals surface area contributed by atoms with Crippen LogP contribution in [0.25, 0.3) is 61.3 Å². The van der Waals surface area contributed by atoms with E-state index < -0.39 is 0 Å². The molecular formula is C45H46N4O. The van der Waals surface area contributed by atoms with Gasteiger partial charge in [-0.05, 0) is 87.5 Å². The highest BCUT2D eigenvalue weighted by molar-refractivity contribution is 5.98. The lowest BCUT2D eigenvalue weighted by Gasteiger charge is -2.21. The molecule has 0 atom stereocenters. The van der Waals surface area contributed by atoms with Crippen LogP contribution in [-0.2, 0) is 16.2 Å². The Morgan fingerprint density at radius 1 is 0.560 bits per heavy atom. The zero-order valence-electron chi connectivity index (χ0n) is 30.6. The molecule has 0 unspecified atom stereocenters. The van der Waals surface area contributed by atoms with E-state index in [0.717, 1.165) is 66.8 Å². The number of fused-ring (bicyclic) bond motifs is 2. The molecule has 0 saturated carbocycles. The Morgan fingerprint density at radius 2 is 1.22 bits per heavy atom. The van der Waals surface area contributed by atoms with Crippen molar-refractivity contribution in [2.75, 3.05) is 0 Å². The van der Waals surface area contributed by atoms with E-state index in [0.29, 0.717) is 0 Å². The first-order chi connectivity index (χ1) is 23.6. The molecule has 0 amide bonds. The maximum absolute atomic E-state index is 11.2. The molecule has 0 saturated heterocycles. The van der Waals surface area contributed by atoms with Crippen molar-refractivity contribution in [3.8, 4) is 45.1 Å². The minimum atomic E-state index is -0.0783. The van der Waals surface area contributed by atoms with Crippen LogP contribution < -0.4 is 0 Å². The highest BCUT2D eigenvalue weighted by Crippen LogP contribution is 2.41. The molecule has 5 nitrogen and oxygen atoms in total. The van der Waals surface area contributed by atoms with E-state index in [1.165, 1.54) is 11.1 Å². The molecule has 3 heterocycles. The zero-order chi connectivity index (χ0) is 35.6. The summed E-state index contributed by atoms with van der Waals surface area (Å²) in [6, 6.07) is 31.7. The highest BCUT2D eigenvalue weighted by atomic mass is 16.3. The number of pyridine rings is 2. The van der Waals surface area contributed by atoms with Crippen LogP contribution in [0.15, 0.2) is 110 Å². The van der Waals surface area contributed by atoms with Gasteiger partial charge in [0.1, 0.15) is 11.6 Å². The number of hydrogen-bond donors (Lipinski definition) is 1. The SMILES string of the molecule is CC(C)(C)c1ccc(-n2c(-c3cncc(-c4cc(C(C)(C)C)cc5cccnc45)c3)nc3c(-c4cc(C(C)(C)C)ccc4O)cccc32)cc1. The minimum absolute atomic E-state index is 0.0256. The second-order valence-electron chi connectivity index (χ2n) is 16.5. The van der Waals surface area contributed by atoms with Crippen molar-refractivity contribution >= 4 is 21.9 Å². The number of para-hydroxylation sites is 1. The molecule has 252 valence electrons. The van der Waals surface area contributed by atoms with Gasteiger partial charge in [0.05, 0.1) is 16.6 Å². The molecule has 7 aromatic rings. The summed E-state index contributed by atoms with van der Waals surface area (Å²) in [6.45, 7) is 20.0. The number of aromatic nitrogens is 4. The Hall–Kier alpha value is -5.29. The van der Waals surface area contributed by atoms with E-state index in [4.69, 9.17) is 15.0 Å². The maximum Gasteiger partial charge on any atom is 0.147 e.